The summed E-state index contributed by atoms with van der Waals surface area (Å²) in [5.41, 5.74) is 6.89. The molecule has 2 aliphatic rings. The molecule has 0 aliphatic carbocycles. The molecule has 4 rings (SSSR count). The summed E-state index contributed by atoms with van der Waals surface area (Å²) in [6.07, 6.45) is 1.69. The minimum atomic E-state index is -1.06. The molecule has 0 saturated carbocycles. The van der Waals surface area contributed by atoms with Crippen molar-refractivity contribution in [2.75, 3.05) is 13.1 Å². The Bertz CT molecular complexity index is 1040. The van der Waals surface area contributed by atoms with Crippen LogP contribution >= 0.6 is 11.6 Å². The Morgan fingerprint density at radius 1 is 1.06 bits per heavy atom. The Morgan fingerprint density at radius 3 is 2.45 bits per heavy atom. The van der Waals surface area contributed by atoms with Crippen LogP contribution in [0, 0.1) is 5.41 Å². The first kappa shape index (κ1) is 21.1. The van der Waals surface area contributed by atoms with Crippen LogP contribution in [0.25, 0.3) is 0 Å². The molecule has 1 atom stereocenters. The van der Waals surface area contributed by atoms with Crippen molar-refractivity contribution in [1.29, 1.82) is 0 Å². The maximum atomic E-state index is 13.2. The summed E-state index contributed by atoms with van der Waals surface area (Å²) in [5.74, 6) is -0.499. The molecule has 0 radical (unpaired) electrons. The third-order valence-corrected chi connectivity index (χ3v) is 6.16. The number of nitrogens with two attached hydrogens (primary N) is 1. The van der Waals surface area contributed by atoms with E-state index in [9.17, 15) is 14.4 Å². The monoisotopic (exact) mass is 438 g/mol. The number of piperidine rings is 1. The van der Waals surface area contributed by atoms with Crippen LogP contribution in [0.4, 0.5) is 4.79 Å². The van der Waals surface area contributed by atoms with Crippen molar-refractivity contribution in [3.05, 3.63) is 70.7 Å². The highest BCUT2D eigenvalue weighted by atomic mass is 35.5. The van der Waals surface area contributed by atoms with Crippen LogP contribution in [-0.2, 0) is 22.4 Å². The highest BCUT2D eigenvalue weighted by Crippen LogP contribution is 2.38. The first-order chi connectivity index (χ1) is 14.9. The third-order valence-electron chi connectivity index (χ3n) is 5.91. The molecular weight excluding hydrogens is 416 g/mol. The molecule has 0 bridgehead atoms. The Balaban J connectivity index is 1.54. The maximum Gasteiger partial charge on any atom is 0.342 e. The summed E-state index contributed by atoms with van der Waals surface area (Å²) in [5, 5.41) is 5.63. The normalized spacial score (nSPS) is 20.4. The lowest BCUT2D eigenvalue weighted by molar-refractivity contribution is -0.138. The lowest BCUT2D eigenvalue weighted by Crippen LogP contribution is -2.56. The summed E-state index contributed by atoms with van der Waals surface area (Å²) in [4.78, 5) is 39.7. The van der Waals surface area contributed by atoms with Gasteiger partial charge in [-0.15, -0.1) is 5.01 Å². The molecular formula is C23H23ClN4O3. The molecule has 1 fully saturated rings. The second-order valence-corrected chi connectivity index (χ2v) is 8.37. The van der Waals surface area contributed by atoms with Crippen LogP contribution in [0.2, 0.25) is 5.02 Å². The zero-order valence-corrected chi connectivity index (χ0v) is 17.7. The average Bonchev–Trinajstić information content (AvgIpc) is 3.05. The van der Waals surface area contributed by atoms with Gasteiger partial charge in [0.05, 0.1) is 5.71 Å². The van der Waals surface area contributed by atoms with E-state index >= 15 is 0 Å². The number of hydrogen-bond donors (Lipinski definition) is 1. The van der Waals surface area contributed by atoms with Crippen molar-refractivity contribution in [2.24, 2.45) is 16.3 Å². The SMILES string of the molecule is NC(=O)N1N=C2CCN(C(=O)CCc3ccc(Cl)cc3)CC2(Cc2ccccc2)C1=O. The smallest absolute Gasteiger partial charge is 0.342 e. The molecule has 7 nitrogen and oxygen atoms in total. The molecule has 2 aliphatic heterocycles. The highest BCUT2D eigenvalue weighted by molar-refractivity contribution is 6.30. The summed E-state index contributed by atoms with van der Waals surface area (Å²) < 4.78 is 0. The number of amides is 4. The predicted molar refractivity (Wildman–Crippen MR) is 117 cm³/mol. The van der Waals surface area contributed by atoms with E-state index in [1.54, 1.807) is 17.0 Å². The molecule has 2 aromatic rings. The lowest BCUT2D eigenvalue weighted by atomic mass is 9.73. The number of benzene rings is 2. The molecule has 31 heavy (non-hydrogen) atoms. The number of nitrogens with zero attached hydrogens (tertiary/aromatic N) is 3. The quantitative estimate of drug-likeness (QED) is 0.777. The van der Waals surface area contributed by atoms with Gasteiger partial charge in [0, 0.05) is 31.0 Å². The van der Waals surface area contributed by atoms with Crippen LogP contribution in [-0.4, -0.2) is 46.6 Å². The third kappa shape index (κ3) is 4.18. The molecule has 2 aromatic carbocycles. The van der Waals surface area contributed by atoms with Crippen molar-refractivity contribution in [2.45, 2.75) is 25.7 Å². The summed E-state index contributed by atoms with van der Waals surface area (Å²) in [6, 6.07) is 16.0. The van der Waals surface area contributed by atoms with Crippen LogP contribution in [0.15, 0.2) is 59.7 Å². The molecule has 2 heterocycles. The minimum Gasteiger partial charge on any atom is -0.350 e. The van der Waals surface area contributed by atoms with Gasteiger partial charge in [0.25, 0.3) is 5.91 Å². The summed E-state index contributed by atoms with van der Waals surface area (Å²) in [7, 11) is 0. The molecule has 4 amide bonds. The Morgan fingerprint density at radius 2 is 1.77 bits per heavy atom. The van der Waals surface area contributed by atoms with Gasteiger partial charge in [0.1, 0.15) is 5.41 Å². The summed E-state index contributed by atoms with van der Waals surface area (Å²) in [6.45, 7) is 0.636. The van der Waals surface area contributed by atoms with Crippen LogP contribution in [0.1, 0.15) is 24.0 Å². The first-order valence-electron chi connectivity index (χ1n) is 10.2. The topological polar surface area (TPSA) is 96.1 Å². The Kier molecular flexibility index (Phi) is 5.78. The van der Waals surface area contributed by atoms with Gasteiger partial charge in [-0.25, -0.2) is 4.79 Å². The van der Waals surface area contributed by atoms with Crippen LogP contribution in [0.3, 0.4) is 0 Å². The van der Waals surface area contributed by atoms with Gasteiger partial charge >= 0.3 is 6.03 Å². The number of carbonyl (C=O) groups is 3. The highest BCUT2D eigenvalue weighted by Gasteiger charge is 2.55. The van der Waals surface area contributed by atoms with Crippen LogP contribution in [0.5, 0.6) is 0 Å². The van der Waals surface area contributed by atoms with E-state index in [0.717, 1.165) is 16.1 Å². The standard InChI is InChI=1S/C23H23ClN4O3/c24-18-9-6-16(7-10-18)8-11-20(29)27-13-12-19-23(15-27,14-17-4-2-1-3-5-17)21(30)28(26-19)22(25)31/h1-7,9-10H,8,11-15H2,(H2,25,31). The molecule has 8 heteroatoms. The average molecular weight is 439 g/mol. The van der Waals surface area contributed by atoms with E-state index < -0.39 is 17.4 Å². The van der Waals surface area contributed by atoms with Gasteiger partial charge in [-0.2, -0.15) is 5.10 Å². The van der Waals surface area contributed by atoms with E-state index in [1.807, 2.05) is 42.5 Å². The van der Waals surface area contributed by atoms with Gasteiger partial charge in [-0.3, -0.25) is 9.59 Å². The zero-order valence-electron chi connectivity index (χ0n) is 17.0. The molecule has 160 valence electrons. The van der Waals surface area contributed by atoms with Crippen LogP contribution < -0.4 is 5.73 Å². The molecule has 1 saturated heterocycles. The molecule has 1 unspecified atom stereocenters. The van der Waals surface area contributed by atoms with E-state index in [-0.39, 0.29) is 12.5 Å². The second-order valence-electron chi connectivity index (χ2n) is 7.94. The fourth-order valence-corrected chi connectivity index (χ4v) is 4.41. The number of aryl methyl sites for hydroxylation is 1. The number of urea groups is 1. The first-order valence-corrected chi connectivity index (χ1v) is 10.5. The van der Waals surface area contributed by atoms with E-state index in [4.69, 9.17) is 17.3 Å². The van der Waals surface area contributed by atoms with Gasteiger partial charge in [0.2, 0.25) is 5.91 Å². The van der Waals surface area contributed by atoms with Gasteiger partial charge in [-0.1, -0.05) is 54.1 Å². The predicted octanol–water partition coefficient (Wildman–Crippen LogP) is 3.01. The largest absolute Gasteiger partial charge is 0.350 e. The second kappa shape index (κ2) is 8.51. The fraction of sp³-hybridized carbons (Fsp3) is 0.304. The van der Waals surface area contributed by atoms with Crippen molar-refractivity contribution >= 4 is 35.2 Å². The number of likely N-dealkylation sites (tertiary alicyclic amines) is 1. The van der Waals surface area contributed by atoms with Gasteiger partial charge in [-0.05, 0) is 36.1 Å². The number of primary amides is 1. The number of hydrogen-bond acceptors (Lipinski definition) is 4. The fourth-order valence-electron chi connectivity index (χ4n) is 4.28. The van der Waals surface area contributed by atoms with Gasteiger partial charge < -0.3 is 10.6 Å². The van der Waals surface area contributed by atoms with Crippen molar-refractivity contribution in [3.8, 4) is 0 Å². The number of imide groups is 1. The van der Waals surface area contributed by atoms with Crippen molar-refractivity contribution < 1.29 is 14.4 Å². The number of hydrazone groups is 1. The molecule has 0 spiro atoms. The van der Waals surface area contributed by atoms with E-state index in [2.05, 4.69) is 5.10 Å². The number of rotatable bonds is 5. The number of fused-ring (bicyclic) bond motifs is 1. The summed E-state index contributed by atoms with van der Waals surface area (Å²) >= 11 is 5.92. The van der Waals surface area contributed by atoms with E-state index in [1.165, 1.54) is 0 Å². The molecule has 0 aromatic heterocycles. The van der Waals surface area contributed by atoms with Gasteiger partial charge in [0.15, 0.2) is 0 Å². The Hall–Kier alpha value is -3.19. The number of halogens is 1. The zero-order chi connectivity index (χ0) is 22.0. The maximum absolute atomic E-state index is 13.2. The van der Waals surface area contributed by atoms with E-state index in [0.29, 0.717) is 43.0 Å². The lowest BCUT2D eigenvalue weighted by Gasteiger charge is -2.39. The van der Waals surface area contributed by atoms with Crippen molar-refractivity contribution in [3.63, 3.8) is 0 Å². The minimum absolute atomic E-state index is 0.0354. The Labute approximate surface area is 185 Å². The van der Waals surface area contributed by atoms with Crippen molar-refractivity contribution in [1.82, 2.24) is 9.91 Å². The number of carbonyl (C=O) groups excluding carboxylic acids is 3. The molecule has 2 N–H and O–H groups in total.